The fourth-order valence-electron chi connectivity index (χ4n) is 3.63. The summed E-state index contributed by atoms with van der Waals surface area (Å²) in [5, 5.41) is 15.6. The van der Waals surface area contributed by atoms with Gasteiger partial charge in [0, 0.05) is 0 Å². The third-order valence-electron chi connectivity index (χ3n) is 5.00. The molecule has 0 aliphatic carbocycles. The summed E-state index contributed by atoms with van der Waals surface area (Å²) in [4.78, 5) is -0.508. The molecule has 0 saturated carbocycles. The van der Waals surface area contributed by atoms with Crippen molar-refractivity contribution < 1.29 is 26.3 Å². The van der Waals surface area contributed by atoms with Crippen molar-refractivity contribution in [2.24, 2.45) is 5.10 Å². The second-order valence-corrected chi connectivity index (χ2v) is 9.01. The van der Waals surface area contributed by atoms with Gasteiger partial charge in [0.1, 0.15) is 21.0 Å². The largest absolute Gasteiger partial charge is 0.446 e. The van der Waals surface area contributed by atoms with Crippen LogP contribution in [0.3, 0.4) is 0 Å². The van der Waals surface area contributed by atoms with Gasteiger partial charge in [0.2, 0.25) is 17.6 Å². The number of nitrogens with one attached hydrogen (secondary N) is 1. The molecule has 1 saturated heterocycles. The monoisotopic (exact) mass is 535 g/mol. The van der Waals surface area contributed by atoms with Gasteiger partial charge >= 0.3 is 11.7 Å². The minimum atomic E-state index is -4.76. The van der Waals surface area contributed by atoms with Crippen LogP contribution in [0.15, 0.2) is 64.4 Å². The first-order valence-electron chi connectivity index (χ1n) is 9.33. The molecule has 176 valence electrons. The van der Waals surface area contributed by atoms with E-state index in [1.165, 1.54) is 0 Å². The van der Waals surface area contributed by atoms with Gasteiger partial charge in [-0.25, -0.2) is 0 Å². The fourth-order valence-corrected chi connectivity index (χ4v) is 5.09. The smallest absolute Gasteiger partial charge is 0.282 e. The number of nitriles is 1. The van der Waals surface area contributed by atoms with Crippen molar-refractivity contribution in [1.29, 1.82) is 5.26 Å². The van der Waals surface area contributed by atoms with E-state index in [1.807, 2.05) is 0 Å². The fraction of sp³-hybridized carbons (Fsp3) is 0.143. The van der Waals surface area contributed by atoms with Gasteiger partial charge in [0.15, 0.2) is 0 Å². The quantitative estimate of drug-likeness (QED) is 0.330. The van der Waals surface area contributed by atoms with E-state index in [2.05, 4.69) is 10.4 Å². The van der Waals surface area contributed by atoms with Gasteiger partial charge in [0.05, 0.1) is 5.56 Å². The van der Waals surface area contributed by atoms with E-state index in [0.717, 1.165) is 5.56 Å². The molecule has 2 aliphatic heterocycles. The summed E-state index contributed by atoms with van der Waals surface area (Å²) in [5.41, 5.74) is -5.86. The van der Waals surface area contributed by atoms with Crippen molar-refractivity contribution in [3.63, 3.8) is 0 Å². The number of thioether (sulfide) groups is 1. The Morgan fingerprint density at radius 3 is 2.21 bits per heavy atom. The van der Waals surface area contributed by atoms with Gasteiger partial charge in [-0.3, -0.25) is 5.32 Å². The van der Waals surface area contributed by atoms with Crippen LogP contribution in [0.25, 0.3) is 6.08 Å². The molecule has 0 radical (unpaired) electrons. The molecule has 4 rings (SSSR count). The van der Waals surface area contributed by atoms with E-state index in [0.29, 0.717) is 12.1 Å². The molecule has 2 heterocycles. The van der Waals surface area contributed by atoms with Crippen LogP contribution in [0.5, 0.6) is 0 Å². The Morgan fingerprint density at radius 2 is 1.68 bits per heavy atom. The van der Waals surface area contributed by atoms with Crippen LogP contribution < -0.4 is 9.91 Å². The van der Waals surface area contributed by atoms with Gasteiger partial charge < -0.3 is 0 Å². The predicted molar refractivity (Wildman–Crippen MR) is 119 cm³/mol. The molecule has 13 heteroatoms. The van der Waals surface area contributed by atoms with Crippen molar-refractivity contribution in [2.75, 3.05) is 0 Å². The van der Waals surface area contributed by atoms with Crippen molar-refractivity contribution in [3.8, 4) is 6.07 Å². The van der Waals surface area contributed by atoms with Crippen LogP contribution in [0.4, 0.5) is 32.0 Å². The molecule has 2 aliphatic rings. The minimum Gasteiger partial charge on any atom is -0.282 e. The molecule has 2 aromatic rings. The molecule has 2 aromatic carbocycles. The Labute approximate surface area is 203 Å². The Balaban J connectivity index is 1.91. The van der Waals surface area contributed by atoms with Crippen LogP contribution in [0.1, 0.15) is 11.1 Å². The van der Waals surface area contributed by atoms with Crippen molar-refractivity contribution >= 4 is 52.4 Å². The lowest BCUT2D eigenvalue weighted by Gasteiger charge is -2.45. The van der Waals surface area contributed by atoms with Gasteiger partial charge in [-0.15, -0.1) is 0 Å². The van der Waals surface area contributed by atoms with Crippen LogP contribution >= 0.6 is 35.0 Å². The summed E-state index contributed by atoms with van der Waals surface area (Å²) >= 11 is 11.9. The standard InChI is InChI=1S/C21H11Cl2F6N4S/c22-13-8-12(20(24,25)26)9-14(23)17(13)33-16(7-6-11-4-2-1-3-5-11)31-19(33)18(15(10-30)32-33)34-21(27,28)29/h1-9,16,31H/q+1. The zero-order valence-electron chi connectivity index (χ0n) is 16.5. The molecule has 0 aromatic heterocycles. The van der Waals surface area contributed by atoms with E-state index in [-0.39, 0.29) is 11.5 Å². The van der Waals surface area contributed by atoms with Gasteiger partial charge in [-0.1, -0.05) is 69.3 Å². The van der Waals surface area contributed by atoms with Gasteiger partial charge in [0.25, 0.3) is 5.82 Å². The summed E-state index contributed by atoms with van der Waals surface area (Å²) < 4.78 is 78.5. The molecule has 0 spiro atoms. The summed E-state index contributed by atoms with van der Waals surface area (Å²) in [6.07, 6.45) is -2.45. The lowest BCUT2D eigenvalue weighted by Crippen LogP contribution is -2.70. The maximum Gasteiger partial charge on any atom is 0.446 e. The highest BCUT2D eigenvalue weighted by Crippen LogP contribution is 2.54. The Bertz CT molecular complexity index is 1260. The molecule has 1 N–H and O–H groups in total. The number of nitrogens with zero attached hydrogens (tertiary/aromatic N) is 3. The number of rotatable bonds is 4. The summed E-state index contributed by atoms with van der Waals surface area (Å²) in [7, 11) is 0. The molecular weight excluding hydrogens is 525 g/mol. The minimum absolute atomic E-state index is 0.162. The van der Waals surface area contributed by atoms with E-state index >= 15 is 0 Å². The van der Waals surface area contributed by atoms with Gasteiger partial charge in [-0.05, 0) is 35.5 Å². The van der Waals surface area contributed by atoms with Crippen LogP contribution in [-0.4, -0.2) is 17.4 Å². The third-order valence-corrected chi connectivity index (χ3v) is 6.39. The lowest BCUT2D eigenvalue weighted by atomic mass is 10.1. The number of allylic oxidation sites excluding steroid dienone is 1. The first-order chi connectivity index (χ1) is 15.9. The Kier molecular flexibility index (Phi) is 6.14. The topological polar surface area (TPSA) is 48.2 Å². The van der Waals surface area contributed by atoms with Crippen molar-refractivity contribution in [1.82, 2.24) is 9.91 Å². The number of alkyl halides is 6. The van der Waals surface area contributed by atoms with Gasteiger partial charge in [-0.2, -0.15) is 31.6 Å². The summed E-state index contributed by atoms with van der Waals surface area (Å²) in [6, 6.07) is 11.8. The van der Waals surface area contributed by atoms with E-state index in [1.54, 1.807) is 48.6 Å². The zero-order valence-corrected chi connectivity index (χ0v) is 18.9. The Morgan fingerprint density at radius 1 is 1.06 bits per heavy atom. The first-order valence-corrected chi connectivity index (χ1v) is 10.9. The highest BCUT2D eigenvalue weighted by Gasteiger charge is 2.63. The molecule has 4 nitrogen and oxygen atoms in total. The number of benzene rings is 2. The first kappa shape index (κ1) is 24.5. The summed E-state index contributed by atoms with van der Waals surface area (Å²) in [5.74, 6) is -0.162. The normalized spacial score (nSPS) is 22.2. The molecule has 34 heavy (non-hydrogen) atoms. The number of halogens is 8. The second-order valence-electron chi connectivity index (χ2n) is 7.12. The predicted octanol–water partition coefficient (Wildman–Crippen LogP) is 7.28. The number of quaternary nitrogens is 1. The zero-order chi connectivity index (χ0) is 24.9. The molecule has 0 bridgehead atoms. The molecule has 2 unspecified atom stereocenters. The molecular formula is C21H11Cl2F6N4S+. The van der Waals surface area contributed by atoms with Crippen LogP contribution in [0.2, 0.25) is 10.0 Å². The third kappa shape index (κ3) is 4.27. The second kappa shape index (κ2) is 8.53. The molecule has 1 fully saturated rings. The molecule has 2 atom stereocenters. The van der Waals surface area contributed by atoms with Crippen LogP contribution in [-0.2, 0) is 6.18 Å². The summed E-state index contributed by atoms with van der Waals surface area (Å²) in [6.45, 7) is 0. The SMILES string of the molecule is N#CC1=N[N+]2(c3c(Cl)cc(C(F)(F)F)cc3Cl)C(=C1SC(F)(F)F)NC2C=Cc1ccccc1. The maximum absolute atomic E-state index is 13.2. The molecule has 0 amide bonds. The van der Waals surface area contributed by atoms with E-state index in [9.17, 15) is 31.6 Å². The highest BCUT2D eigenvalue weighted by molar-refractivity contribution is 8.04. The number of hydrogen-bond acceptors (Lipinski definition) is 4. The van der Waals surface area contributed by atoms with E-state index in [4.69, 9.17) is 23.2 Å². The Hall–Kier alpha value is -2.65. The number of hydrogen-bond donors (Lipinski definition) is 1. The highest BCUT2D eigenvalue weighted by atomic mass is 35.5. The lowest BCUT2D eigenvalue weighted by molar-refractivity contribution is -0.137. The number of fused-ring (bicyclic) bond motifs is 1. The van der Waals surface area contributed by atoms with E-state index < -0.39 is 60.4 Å². The van der Waals surface area contributed by atoms with Crippen molar-refractivity contribution in [3.05, 3.63) is 80.4 Å². The maximum atomic E-state index is 13.2. The average molecular weight is 536 g/mol. The average Bonchev–Trinajstić information content (AvgIpc) is 2.95. The van der Waals surface area contributed by atoms with Crippen LogP contribution in [0, 0.1) is 11.3 Å². The van der Waals surface area contributed by atoms with Crippen molar-refractivity contribution in [2.45, 2.75) is 17.9 Å².